The normalized spacial score (nSPS) is 12.2. The van der Waals surface area contributed by atoms with Crippen LogP contribution < -0.4 is 11.1 Å². The van der Waals surface area contributed by atoms with Crippen molar-refractivity contribution in [2.24, 2.45) is 12.8 Å². The lowest BCUT2D eigenvalue weighted by molar-refractivity contribution is 0.0942. The second kappa shape index (κ2) is 8.58. The van der Waals surface area contributed by atoms with Crippen LogP contribution in [0.2, 0.25) is 15.2 Å². The summed E-state index contributed by atoms with van der Waals surface area (Å²) < 4.78 is 1.57. The van der Waals surface area contributed by atoms with E-state index in [9.17, 15) is 4.79 Å². The highest BCUT2D eigenvalue weighted by Crippen LogP contribution is 2.29. The topological polar surface area (TPSA) is 85.8 Å². The van der Waals surface area contributed by atoms with E-state index < -0.39 is 0 Å². The van der Waals surface area contributed by atoms with Gasteiger partial charge in [0.25, 0.3) is 5.91 Å². The Balaban J connectivity index is 1.72. The van der Waals surface area contributed by atoms with Crippen molar-refractivity contribution in [3.8, 4) is 11.3 Å². The van der Waals surface area contributed by atoms with Crippen molar-refractivity contribution in [3.63, 3.8) is 0 Å². The number of nitrogens with one attached hydrogen (secondary N) is 1. The number of nitrogens with zero attached hydrogens (tertiary/aromatic N) is 3. The van der Waals surface area contributed by atoms with Crippen LogP contribution in [0.3, 0.4) is 0 Å². The van der Waals surface area contributed by atoms with E-state index in [0.717, 1.165) is 11.1 Å². The minimum absolute atomic E-state index is 0.210. The summed E-state index contributed by atoms with van der Waals surface area (Å²) in [4.78, 5) is 13.2. The molecule has 0 saturated heterocycles. The van der Waals surface area contributed by atoms with E-state index in [1.807, 2.05) is 11.4 Å². The van der Waals surface area contributed by atoms with Gasteiger partial charge in [-0.15, -0.1) is 16.4 Å². The quantitative estimate of drug-likeness (QED) is 0.605. The van der Waals surface area contributed by atoms with Gasteiger partial charge in [0.05, 0.1) is 4.88 Å². The standard InChI is InChI=1S/C17H16Cl3N5OS/c1-25-15(16(20)23-24-25)10-5-14(27-8-10)17(26)22-12(7-21)4-9-2-3-11(18)6-13(9)19/h2-3,5-6,8,12H,4,7,21H2,1H3,(H,22,26). The Morgan fingerprint density at radius 2 is 2.11 bits per heavy atom. The van der Waals surface area contributed by atoms with Gasteiger partial charge in [0, 0.05) is 40.6 Å². The second-order valence-corrected chi connectivity index (χ2v) is 8.01. The molecule has 27 heavy (non-hydrogen) atoms. The number of thiophene rings is 1. The van der Waals surface area contributed by atoms with Crippen LogP contribution in [0, 0.1) is 0 Å². The van der Waals surface area contributed by atoms with Crippen LogP contribution >= 0.6 is 46.1 Å². The summed E-state index contributed by atoms with van der Waals surface area (Å²) in [6.07, 6.45) is 0.508. The summed E-state index contributed by atoms with van der Waals surface area (Å²) in [6, 6.07) is 6.76. The zero-order valence-corrected chi connectivity index (χ0v) is 17.3. The van der Waals surface area contributed by atoms with Gasteiger partial charge >= 0.3 is 0 Å². The molecule has 1 amide bonds. The van der Waals surface area contributed by atoms with Crippen LogP contribution in [0.5, 0.6) is 0 Å². The Labute approximate surface area is 175 Å². The fraction of sp³-hybridized carbons (Fsp3) is 0.235. The predicted molar refractivity (Wildman–Crippen MR) is 110 cm³/mol. The molecule has 1 unspecified atom stereocenters. The van der Waals surface area contributed by atoms with Gasteiger partial charge in [-0.05, 0) is 30.2 Å². The molecule has 2 heterocycles. The van der Waals surface area contributed by atoms with Crippen LogP contribution in [0.4, 0.5) is 0 Å². The number of halogens is 3. The molecule has 0 aliphatic carbocycles. The molecule has 3 aromatic rings. The maximum atomic E-state index is 12.6. The van der Waals surface area contributed by atoms with Gasteiger partial charge in [-0.1, -0.05) is 46.1 Å². The van der Waals surface area contributed by atoms with E-state index in [0.29, 0.717) is 32.2 Å². The smallest absolute Gasteiger partial charge is 0.261 e. The number of rotatable bonds is 6. The molecule has 1 atom stereocenters. The zero-order valence-electron chi connectivity index (χ0n) is 14.2. The molecular weight excluding hydrogens is 429 g/mol. The van der Waals surface area contributed by atoms with Gasteiger partial charge < -0.3 is 11.1 Å². The average molecular weight is 445 g/mol. The molecule has 0 radical (unpaired) electrons. The number of nitrogens with two attached hydrogens (primary N) is 1. The molecule has 3 rings (SSSR count). The highest BCUT2D eigenvalue weighted by Gasteiger charge is 2.19. The monoisotopic (exact) mass is 443 g/mol. The fourth-order valence-corrected chi connectivity index (χ4v) is 4.17. The summed E-state index contributed by atoms with van der Waals surface area (Å²) in [6.45, 7) is 0.278. The van der Waals surface area contributed by atoms with Crippen molar-refractivity contribution in [3.05, 3.63) is 55.3 Å². The van der Waals surface area contributed by atoms with Gasteiger partial charge in [0.15, 0.2) is 5.15 Å². The van der Waals surface area contributed by atoms with E-state index in [-0.39, 0.29) is 18.5 Å². The molecule has 0 bridgehead atoms. The van der Waals surface area contributed by atoms with Crippen LogP contribution in [0.1, 0.15) is 15.2 Å². The third-order valence-electron chi connectivity index (χ3n) is 3.98. The number of hydrogen-bond acceptors (Lipinski definition) is 5. The molecule has 0 fully saturated rings. The number of hydrogen-bond donors (Lipinski definition) is 2. The number of benzene rings is 1. The van der Waals surface area contributed by atoms with Crippen molar-refractivity contribution in [2.45, 2.75) is 12.5 Å². The molecule has 0 aliphatic rings. The summed E-state index contributed by atoms with van der Waals surface area (Å²) >= 11 is 19.5. The van der Waals surface area contributed by atoms with Gasteiger partial charge in [-0.25, -0.2) is 4.68 Å². The molecule has 142 valence electrons. The number of aromatic nitrogens is 3. The minimum atomic E-state index is -0.260. The summed E-state index contributed by atoms with van der Waals surface area (Å²) in [7, 11) is 1.74. The molecule has 0 saturated carbocycles. The largest absolute Gasteiger partial charge is 0.347 e. The minimum Gasteiger partial charge on any atom is -0.347 e. The summed E-state index contributed by atoms with van der Waals surface area (Å²) in [5.41, 5.74) is 8.15. The SMILES string of the molecule is Cn1nnc(Cl)c1-c1csc(C(=O)NC(CN)Cc2ccc(Cl)cc2Cl)c1. The average Bonchev–Trinajstić information content (AvgIpc) is 3.23. The van der Waals surface area contributed by atoms with E-state index in [1.54, 1.807) is 29.9 Å². The summed E-state index contributed by atoms with van der Waals surface area (Å²) in [5, 5.41) is 13.9. The Morgan fingerprint density at radius 3 is 2.74 bits per heavy atom. The molecule has 0 spiro atoms. The van der Waals surface area contributed by atoms with Crippen molar-refractivity contribution >= 4 is 52.0 Å². The van der Waals surface area contributed by atoms with Crippen molar-refractivity contribution < 1.29 is 4.79 Å². The second-order valence-electron chi connectivity index (χ2n) is 5.90. The zero-order chi connectivity index (χ0) is 19.6. The van der Waals surface area contributed by atoms with Crippen molar-refractivity contribution in [2.75, 3.05) is 6.54 Å². The first kappa shape index (κ1) is 20.1. The van der Waals surface area contributed by atoms with E-state index >= 15 is 0 Å². The van der Waals surface area contributed by atoms with Crippen LogP contribution in [-0.2, 0) is 13.5 Å². The number of carbonyl (C=O) groups is 1. The lowest BCUT2D eigenvalue weighted by Crippen LogP contribution is -2.41. The maximum absolute atomic E-state index is 12.6. The van der Waals surface area contributed by atoms with E-state index in [2.05, 4.69) is 15.6 Å². The van der Waals surface area contributed by atoms with E-state index in [1.165, 1.54) is 11.3 Å². The third-order valence-corrected chi connectivity index (χ3v) is 5.75. The van der Waals surface area contributed by atoms with Gasteiger partial charge in [0.2, 0.25) is 0 Å². The first-order chi connectivity index (χ1) is 12.9. The molecule has 3 N–H and O–H groups in total. The Bertz CT molecular complexity index is 952. The molecule has 6 nitrogen and oxygen atoms in total. The highest BCUT2D eigenvalue weighted by atomic mass is 35.5. The van der Waals surface area contributed by atoms with Crippen LogP contribution in [-0.4, -0.2) is 33.5 Å². The Hall–Kier alpha value is -1.64. The van der Waals surface area contributed by atoms with E-state index in [4.69, 9.17) is 40.5 Å². The fourth-order valence-electron chi connectivity index (χ4n) is 2.62. The van der Waals surface area contributed by atoms with Crippen LogP contribution in [0.15, 0.2) is 29.6 Å². The van der Waals surface area contributed by atoms with Crippen molar-refractivity contribution in [1.29, 1.82) is 0 Å². The first-order valence-corrected chi connectivity index (χ1v) is 9.99. The van der Waals surface area contributed by atoms with Gasteiger partial charge in [-0.3, -0.25) is 4.79 Å². The predicted octanol–water partition coefficient (Wildman–Crippen LogP) is 3.80. The molecular formula is C17H16Cl3N5OS. The maximum Gasteiger partial charge on any atom is 0.261 e. The van der Waals surface area contributed by atoms with Crippen molar-refractivity contribution in [1.82, 2.24) is 20.3 Å². The molecule has 1 aromatic carbocycles. The van der Waals surface area contributed by atoms with Crippen LogP contribution in [0.25, 0.3) is 11.3 Å². The number of amides is 1. The molecule has 2 aromatic heterocycles. The molecule has 0 aliphatic heterocycles. The van der Waals surface area contributed by atoms with Gasteiger partial charge in [0.1, 0.15) is 5.69 Å². The van der Waals surface area contributed by atoms with Gasteiger partial charge in [-0.2, -0.15) is 0 Å². The highest BCUT2D eigenvalue weighted by molar-refractivity contribution is 7.12. The lowest BCUT2D eigenvalue weighted by Gasteiger charge is -2.17. The number of carbonyl (C=O) groups excluding carboxylic acids is 1. The Kier molecular flexibility index (Phi) is 6.39. The Morgan fingerprint density at radius 1 is 1.33 bits per heavy atom. The number of aryl methyl sites for hydroxylation is 1. The third kappa shape index (κ3) is 4.62. The lowest BCUT2D eigenvalue weighted by atomic mass is 10.1. The first-order valence-electron chi connectivity index (χ1n) is 7.98. The molecule has 10 heteroatoms. The summed E-state index contributed by atoms with van der Waals surface area (Å²) in [5.74, 6) is -0.210.